The van der Waals surface area contributed by atoms with Crippen molar-refractivity contribution >= 4 is 9.84 Å². The van der Waals surface area contributed by atoms with E-state index >= 15 is 0 Å². The first kappa shape index (κ1) is 12.1. The van der Waals surface area contributed by atoms with Crippen LogP contribution in [-0.2, 0) is 9.84 Å². The van der Waals surface area contributed by atoms with Crippen LogP contribution in [0.3, 0.4) is 0 Å². The van der Waals surface area contributed by atoms with Crippen LogP contribution in [0.2, 0.25) is 0 Å². The fourth-order valence-corrected chi connectivity index (χ4v) is 4.19. The Morgan fingerprint density at radius 2 is 1.81 bits per heavy atom. The Morgan fingerprint density at radius 1 is 1.19 bits per heavy atom. The minimum absolute atomic E-state index is 0.0259. The lowest BCUT2D eigenvalue weighted by Crippen LogP contribution is -2.48. The predicted octanol–water partition coefficient (Wildman–Crippen LogP) is 1.71. The van der Waals surface area contributed by atoms with Gasteiger partial charge in [0, 0.05) is 17.5 Å². The van der Waals surface area contributed by atoms with Crippen molar-refractivity contribution in [3.63, 3.8) is 0 Å². The summed E-state index contributed by atoms with van der Waals surface area (Å²) < 4.78 is 22.6. The topological polar surface area (TPSA) is 46.2 Å². The highest BCUT2D eigenvalue weighted by atomic mass is 32.2. The van der Waals surface area contributed by atoms with Crippen LogP contribution in [0.5, 0.6) is 0 Å². The summed E-state index contributed by atoms with van der Waals surface area (Å²) in [5, 5.41) is 4.86. The zero-order valence-corrected chi connectivity index (χ0v) is 10.8. The summed E-state index contributed by atoms with van der Waals surface area (Å²) in [7, 11) is -2.92. The molecule has 3 unspecified atom stereocenters. The molecule has 0 amide bonds. The van der Waals surface area contributed by atoms with Crippen LogP contribution in [0.4, 0.5) is 0 Å². The lowest BCUT2D eigenvalue weighted by atomic mass is 9.78. The molecule has 2 rings (SSSR count). The summed E-state index contributed by atoms with van der Waals surface area (Å²) in [6.45, 7) is 4.53. The average molecular weight is 243 g/mol. The molecule has 4 heteroatoms. The average Bonchev–Trinajstić information content (AvgIpc) is 2.52. The molecule has 1 N–H and O–H groups in total. The van der Waals surface area contributed by atoms with Crippen molar-refractivity contribution in [3.8, 4) is 0 Å². The summed E-state index contributed by atoms with van der Waals surface area (Å²) in [6.07, 6.45) is 5.61. The van der Waals surface area contributed by atoms with Gasteiger partial charge >= 0.3 is 0 Å². The number of hydrogen-bond acceptors (Lipinski definition) is 3. The van der Waals surface area contributed by atoms with E-state index in [0.717, 1.165) is 0 Å². The third-order valence-corrected chi connectivity index (χ3v) is 5.28. The number of sulfone groups is 1. The van der Waals surface area contributed by atoms with Crippen LogP contribution in [0.15, 0.2) is 11.5 Å². The molecule has 1 fully saturated rings. The molecular weight excluding hydrogens is 222 g/mol. The van der Waals surface area contributed by atoms with Crippen molar-refractivity contribution in [3.05, 3.63) is 11.5 Å². The van der Waals surface area contributed by atoms with E-state index < -0.39 is 9.84 Å². The monoisotopic (exact) mass is 243 g/mol. The summed E-state index contributed by atoms with van der Waals surface area (Å²) in [6, 6.07) is 0.495. The van der Waals surface area contributed by atoms with E-state index in [0.29, 0.717) is 17.9 Å². The molecule has 0 aromatic rings. The third-order valence-electron chi connectivity index (χ3n) is 3.88. The highest BCUT2D eigenvalue weighted by molar-refractivity contribution is 7.94. The smallest absolute Gasteiger partial charge is 0.173 e. The van der Waals surface area contributed by atoms with E-state index in [1.807, 2.05) is 0 Å². The largest absolute Gasteiger partial charge is 0.306 e. The zero-order valence-electron chi connectivity index (χ0n) is 10.0. The Kier molecular flexibility index (Phi) is 3.40. The van der Waals surface area contributed by atoms with Crippen LogP contribution < -0.4 is 5.32 Å². The van der Waals surface area contributed by atoms with Crippen molar-refractivity contribution in [2.45, 2.75) is 45.2 Å². The van der Waals surface area contributed by atoms with Gasteiger partial charge in [0.15, 0.2) is 9.84 Å². The minimum Gasteiger partial charge on any atom is -0.306 e. The van der Waals surface area contributed by atoms with E-state index in [1.165, 1.54) is 24.7 Å². The van der Waals surface area contributed by atoms with Crippen molar-refractivity contribution in [2.75, 3.05) is 5.75 Å². The first-order chi connectivity index (χ1) is 7.48. The molecule has 0 saturated heterocycles. The van der Waals surface area contributed by atoms with E-state index in [-0.39, 0.29) is 11.8 Å². The number of rotatable bonds is 2. The van der Waals surface area contributed by atoms with E-state index in [2.05, 4.69) is 19.2 Å². The van der Waals surface area contributed by atoms with E-state index in [4.69, 9.17) is 0 Å². The van der Waals surface area contributed by atoms with E-state index in [9.17, 15) is 8.42 Å². The second kappa shape index (κ2) is 4.49. The van der Waals surface area contributed by atoms with Crippen molar-refractivity contribution < 1.29 is 8.42 Å². The van der Waals surface area contributed by atoms with Gasteiger partial charge in [-0.3, -0.25) is 0 Å². The fraction of sp³-hybridized carbons (Fsp3) is 0.833. The van der Waals surface area contributed by atoms with E-state index in [1.54, 1.807) is 6.08 Å². The highest BCUT2D eigenvalue weighted by Crippen LogP contribution is 2.29. The summed E-state index contributed by atoms with van der Waals surface area (Å²) >= 11 is 0. The number of hydrogen-bond donors (Lipinski definition) is 1. The molecule has 1 aliphatic carbocycles. The molecule has 92 valence electrons. The van der Waals surface area contributed by atoms with Gasteiger partial charge in [0.25, 0.3) is 0 Å². The molecule has 16 heavy (non-hydrogen) atoms. The molecule has 0 aromatic heterocycles. The van der Waals surface area contributed by atoms with Crippen LogP contribution in [-0.4, -0.2) is 26.3 Å². The molecule has 0 aromatic carbocycles. The highest BCUT2D eigenvalue weighted by Gasteiger charge is 2.31. The second-order valence-electron chi connectivity index (χ2n) is 5.34. The molecular formula is C12H21NO2S. The van der Waals surface area contributed by atoms with Crippen LogP contribution in [0.25, 0.3) is 0 Å². The molecule has 1 aliphatic heterocycles. The van der Waals surface area contributed by atoms with Crippen molar-refractivity contribution in [1.82, 2.24) is 5.32 Å². The maximum absolute atomic E-state index is 11.3. The van der Waals surface area contributed by atoms with Crippen molar-refractivity contribution in [2.24, 2.45) is 11.8 Å². The third kappa shape index (κ3) is 2.66. The van der Waals surface area contributed by atoms with Gasteiger partial charge in [-0.1, -0.05) is 26.3 Å². The molecule has 1 saturated carbocycles. The summed E-state index contributed by atoms with van der Waals surface area (Å²) in [5.41, 5.74) is 0. The lowest BCUT2D eigenvalue weighted by molar-refractivity contribution is 0.203. The molecule has 0 bridgehead atoms. The predicted molar refractivity (Wildman–Crippen MR) is 65.8 cm³/mol. The molecule has 1 heterocycles. The van der Waals surface area contributed by atoms with Crippen LogP contribution in [0, 0.1) is 11.8 Å². The van der Waals surface area contributed by atoms with Gasteiger partial charge in [-0.25, -0.2) is 8.42 Å². The van der Waals surface area contributed by atoms with Gasteiger partial charge in [-0.05, 0) is 24.7 Å². The molecule has 3 nitrogen and oxygen atoms in total. The summed E-state index contributed by atoms with van der Waals surface area (Å²) in [4.78, 5) is 0. The second-order valence-corrected chi connectivity index (χ2v) is 7.27. The van der Waals surface area contributed by atoms with Crippen molar-refractivity contribution in [1.29, 1.82) is 0 Å². The first-order valence-electron chi connectivity index (χ1n) is 6.15. The first-order valence-corrected chi connectivity index (χ1v) is 7.86. The molecule has 0 radical (unpaired) electrons. The van der Waals surface area contributed by atoms with Gasteiger partial charge in [-0.2, -0.15) is 0 Å². The zero-order chi connectivity index (χ0) is 11.8. The quantitative estimate of drug-likeness (QED) is 0.803. The van der Waals surface area contributed by atoms with Gasteiger partial charge in [0.1, 0.15) is 0 Å². The Hall–Kier alpha value is -0.350. The fourth-order valence-electron chi connectivity index (χ4n) is 2.94. The van der Waals surface area contributed by atoms with Gasteiger partial charge < -0.3 is 5.32 Å². The lowest BCUT2D eigenvalue weighted by Gasteiger charge is -2.36. The summed E-state index contributed by atoms with van der Waals surface area (Å²) in [5.74, 6) is 1.55. The van der Waals surface area contributed by atoms with Crippen LogP contribution in [0.1, 0.15) is 33.1 Å². The Morgan fingerprint density at radius 3 is 2.31 bits per heavy atom. The standard InChI is InChI=1S/C12H21NO2S/c1-9-4-3-5-10(2)12(9)13-11-6-7-16(14,15)8-11/h6-7,9-13H,3-5,8H2,1-2H3. The Labute approximate surface area is 98.2 Å². The number of nitrogens with one attached hydrogen (secondary N) is 1. The minimum atomic E-state index is -2.92. The van der Waals surface area contributed by atoms with Gasteiger partial charge in [0.05, 0.1) is 5.75 Å². The maximum Gasteiger partial charge on any atom is 0.173 e. The molecule has 3 atom stereocenters. The van der Waals surface area contributed by atoms with Gasteiger partial charge in [-0.15, -0.1) is 0 Å². The molecule has 2 aliphatic rings. The SMILES string of the molecule is CC1CCCC(C)C1NC1C=CS(=O)(=O)C1. The van der Waals surface area contributed by atoms with Gasteiger partial charge in [0.2, 0.25) is 0 Å². The van der Waals surface area contributed by atoms with Crippen LogP contribution >= 0.6 is 0 Å². The Bertz CT molecular complexity index is 364. The maximum atomic E-state index is 11.3. The Balaban J connectivity index is 1.97. The normalized spacial score (nSPS) is 42.4. The molecule has 0 spiro atoms.